The molecular formula is C38H22N4OS. The minimum Gasteiger partial charge on any atom is -0.435 e. The van der Waals surface area contributed by atoms with Crippen LogP contribution < -0.4 is 0 Å². The topological polar surface area (TPSA) is 64.7 Å². The quantitative estimate of drug-likeness (QED) is 0.207. The van der Waals surface area contributed by atoms with Crippen LogP contribution in [0.15, 0.2) is 138 Å². The molecule has 0 aliphatic carbocycles. The number of thiophene rings is 1. The van der Waals surface area contributed by atoms with Crippen LogP contribution in [0, 0.1) is 0 Å². The van der Waals surface area contributed by atoms with Crippen LogP contribution in [0.2, 0.25) is 0 Å². The Morgan fingerprint density at radius 1 is 0.477 bits per heavy atom. The first kappa shape index (κ1) is 24.8. The lowest BCUT2D eigenvalue weighted by atomic mass is 10.1. The van der Waals surface area contributed by atoms with Crippen molar-refractivity contribution in [3.8, 4) is 45.6 Å². The summed E-state index contributed by atoms with van der Waals surface area (Å²) in [5, 5.41) is 4.50. The summed E-state index contributed by atoms with van der Waals surface area (Å²) >= 11 is 1.78. The largest absolute Gasteiger partial charge is 0.435 e. The minimum atomic E-state index is 0.620. The van der Waals surface area contributed by atoms with Crippen LogP contribution in [0.4, 0.5) is 0 Å². The molecule has 0 saturated carbocycles. The Balaban J connectivity index is 1.18. The van der Waals surface area contributed by atoms with Crippen molar-refractivity contribution in [1.82, 2.24) is 19.9 Å². The van der Waals surface area contributed by atoms with Crippen molar-refractivity contribution in [2.75, 3.05) is 0 Å². The third kappa shape index (κ3) is 4.07. The highest BCUT2D eigenvalue weighted by Gasteiger charge is 2.17. The maximum Gasteiger partial charge on any atom is 0.228 e. The van der Waals surface area contributed by atoms with Crippen molar-refractivity contribution >= 4 is 53.4 Å². The fraction of sp³-hybridized carbons (Fsp3) is 0. The average molecular weight is 583 g/mol. The molecule has 9 aromatic rings. The Kier molecular flexibility index (Phi) is 5.61. The first-order valence-corrected chi connectivity index (χ1v) is 15.2. The van der Waals surface area contributed by atoms with E-state index in [0.29, 0.717) is 23.4 Å². The summed E-state index contributed by atoms with van der Waals surface area (Å²) in [6.07, 6.45) is 0. The lowest BCUT2D eigenvalue weighted by Gasteiger charge is -2.09. The molecule has 6 aromatic carbocycles. The number of hydrogen-bond acceptors (Lipinski definition) is 6. The molecule has 5 nitrogen and oxygen atoms in total. The number of hydrogen-bond donors (Lipinski definition) is 0. The van der Waals surface area contributed by atoms with Gasteiger partial charge in [0.05, 0.1) is 5.56 Å². The third-order valence-corrected chi connectivity index (χ3v) is 9.18. The summed E-state index contributed by atoms with van der Waals surface area (Å²) in [6.45, 7) is 0. The minimum absolute atomic E-state index is 0.620. The van der Waals surface area contributed by atoms with Gasteiger partial charge in [-0.05, 0) is 35.7 Å². The summed E-state index contributed by atoms with van der Waals surface area (Å²) in [4.78, 5) is 19.6. The molecule has 0 spiro atoms. The Labute approximate surface area is 256 Å². The average Bonchev–Trinajstić information content (AvgIpc) is 3.71. The van der Waals surface area contributed by atoms with Crippen molar-refractivity contribution in [3.63, 3.8) is 0 Å². The predicted molar refractivity (Wildman–Crippen MR) is 180 cm³/mol. The molecule has 0 unspecified atom stereocenters. The zero-order valence-corrected chi connectivity index (χ0v) is 24.1. The summed E-state index contributed by atoms with van der Waals surface area (Å²) < 4.78 is 8.97. The normalized spacial score (nSPS) is 11.6. The Morgan fingerprint density at radius 2 is 1.14 bits per heavy atom. The number of aromatic nitrogens is 4. The first-order chi connectivity index (χ1) is 21.8. The molecule has 0 N–H and O–H groups in total. The van der Waals surface area contributed by atoms with Gasteiger partial charge in [0.15, 0.2) is 23.1 Å². The van der Waals surface area contributed by atoms with Gasteiger partial charge in [0.2, 0.25) is 5.89 Å². The van der Waals surface area contributed by atoms with Gasteiger partial charge in [-0.2, -0.15) is 0 Å². The molecule has 9 rings (SSSR count). The second-order valence-electron chi connectivity index (χ2n) is 10.7. The SMILES string of the molecule is c1ccc(-c2nc(-c3ccccc3)nc(-c3ccc4c(ccc5nc(-c6cccc7c6sc6ccccc67)oc54)c3)n2)cc1. The highest BCUT2D eigenvalue weighted by Crippen LogP contribution is 2.41. The molecule has 3 heterocycles. The summed E-state index contributed by atoms with van der Waals surface area (Å²) in [6, 6.07) is 45.3. The third-order valence-electron chi connectivity index (χ3n) is 7.96. The fourth-order valence-corrected chi connectivity index (χ4v) is 7.03. The number of rotatable bonds is 4. The Morgan fingerprint density at radius 3 is 1.89 bits per heavy atom. The summed E-state index contributed by atoms with van der Waals surface area (Å²) in [5.41, 5.74) is 5.40. The molecule has 0 atom stereocenters. The van der Waals surface area contributed by atoms with Crippen LogP contribution in [0.5, 0.6) is 0 Å². The van der Waals surface area contributed by atoms with Crippen molar-refractivity contribution in [1.29, 1.82) is 0 Å². The molecule has 3 aromatic heterocycles. The number of nitrogens with zero attached hydrogens (tertiary/aromatic N) is 4. The van der Waals surface area contributed by atoms with Gasteiger partial charge < -0.3 is 4.42 Å². The van der Waals surface area contributed by atoms with E-state index in [4.69, 9.17) is 24.4 Å². The van der Waals surface area contributed by atoms with E-state index in [1.807, 2.05) is 66.7 Å². The van der Waals surface area contributed by atoms with E-state index in [-0.39, 0.29) is 0 Å². The first-order valence-electron chi connectivity index (χ1n) is 14.4. The summed E-state index contributed by atoms with van der Waals surface area (Å²) in [7, 11) is 0. The summed E-state index contributed by atoms with van der Waals surface area (Å²) in [5.74, 6) is 2.53. The second kappa shape index (κ2) is 9.93. The van der Waals surface area contributed by atoms with E-state index >= 15 is 0 Å². The smallest absolute Gasteiger partial charge is 0.228 e. The van der Waals surface area contributed by atoms with Crippen molar-refractivity contribution in [2.24, 2.45) is 0 Å². The molecular weight excluding hydrogens is 561 g/mol. The van der Waals surface area contributed by atoms with E-state index in [1.54, 1.807) is 11.3 Å². The van der Waals surface area contributed by atoms with Gasteiger partial charge in [0, 0.05) is 42.2 Å². The molecule has 0 fully saturated rings. The number of benzene rings is 6. The lowest BCUT2D eigenvalue weighted by molar-refractivity contribution is 0.624. The number of oxazole rings is 1. The maximum absolute atomic E-state index is 6.53. The zero-order chi connectivity index (χ0) is 29.0. The molecule has 0 amide bonds. The zero-order valence-electron chi connectivity index (χ0n) is 23.3. The molecule has 0 bridgehead atoms. The van der Waals surface area contributed by atoms with Gasteiger partial charge in [-0.3, -0.25) is 0 Å². The van der Waals surface area contributed by atoms with Gasteiger partial charge in [-0.1, -0.05) is 103 Å². The van der Waals surface area contributed by atoms with E-state index in [0.717, 1.165) is 44.1 Å². The Hall–Kier alpha value is -5.72. The van der Waals surface area contributed by atoms with E-state index < -0.39 is 0 Å². The molecule has 0 aliphatic rings. The number of fused-ring (bicyclic) bond motifs is 6. The van der Waals surface area contributed by atoms with E-state index in [9.17, 15) is 0 Å². The second-order valence-corrected chi connectivity index (χ2v) is 11.7. The van der Waals surface area contributed by atoms with Gasteiger partial charge in [-0.15, -0.1) is 11.3 Å². The fourth-order valence-electron chi connectivity index (χ4n) is 5.82. The van der Waals surface area contributed by atoms with Crippen molar-refractivity contribution < 1.29 is 4.42 Å². The van der Waals surface area contributed by atoms with Gasteiger partial charge in [0.25, 0.3) is 0 Å². The van der Waals surface area contributed by atoms with Crippen LogP contribution in [0.3, 0.4) is 0 Å². The van der Waals surface area contributed by atoms with Gasteiger partial charge in [-0.25, -0.2) is 19.9 Å². The van der Waals surface area contributed by atoms with Crippen LogP contribution in [-0.4, -0.2) is 19.9 Å². The monoisotopic (exact) mass is 582 g/mol. The van der Waals surface area contributed by atoms with Crippen LogP contribution >= 0.6 is 11.3 Å². The van der Waals surface area contributed by atoms with Gasteiger partial charge in [0.1, 0.15) is 5.52 Å². The van der Waals surface area contributed by atoms with E-state index in [2.05, 4.69) is 66.7 Å². The molecule has 206 valence electrons. The van der Waals surface area contributed by atoms with Crippen LogP contribution in [0.1, 0.15) is 0 Å². The van der Waals surface area contributed by atoms with Crippen LogP contribution in [-0.2, 0) is 0 Å². The van der Waals surface area contributed by atoms with Gasteiger partial charge >= 0.3 is 0 Å². The molecule has 0 saturated heterocycles. The van der Waals surface area contributed by atoms with Crippen molar-refractivity contribution in [2.45, 2.75) is 0 Å². The van der Waals surface area contributed by atoms with E-state index in [1.165, 1.54) is 20.2 Å². The van der Waals surface area contributed by atoms with Crippen LogP contribution in [0.25, 0.3) is 87.7 Å². The highest BCUT2D eigenvalue weighted by molar-refractivity contribution is 7.26. The predicted octanol–water partition coefficient (Wildman–Crippen LogP) is 10.2. The Bertz CT molecular complexity index is 2440. The molecule has 0 aliphatic heterocycles. The maximum atomic E-state index is 6.53. The highest BCUT2D eigenvalue weighted by atomic mass is 32.1. The molecule has 0 radical (unpaired) electrons. The molecule has 44 heavy (non-hydrogen) atoms. The molecule has 6 heteroatoms. The van der Waals surface area contributed by atoms with Crippen molar-refractivity contribution in [3.05, 3.63) is 133 Å². The standard InChI is InChI=1S/C38H22N4OS/c1-3-10-23(11-4-1)35-40-36(24-12-5-2-6-13-24)42-37(41-35)26-18-20-27-25(22-26)19-21-31-33(27)43-38(39-31)30-16-9-15-29-28-14-7-8-17-32(28)44-34(29)30/h1-22H. The lowest BCUT2D eigenvalue weighted by Crippen LogP contribution is -2.00.